The molecule has 5 heteroatoms. The molecular weight excluding hydrogens is 332 g/mol. The Bertz CT molecular complexity index is 560. The zero-order chi connectivity index (χ0) is 15.9. The van der Waals surface area contributed by atoms with Crippen molar-refractivity contribution in [2.75, 3.05) is 6.54 Å². The molecule has 0 bridgehead atoms. The highest BCUT2D eigenvalue weighted by Crippen LogP contribution is 2.13. The van der Waals surface area contributed by atoms with Crippen molar-refractivity contribution in [1.82, 2.24) is 10.6 Å². The predicted molar refractivity (Wildman–Crippen MR) is 86.8 cm³/mol. The number of carbonyl (C=O) groups excluding carboxylic acids is 2. The van der Waals surface area contributed by atoms with Gasteiger partial charge in [-0.2, -0.15) is 0 Å². The molecule has 0 unspecified atom stereocenters. The first-order valence-electron chi connectivity index (χ1n) is 6.79. The fraction of sp³-hybridized carbons (Fsp3) is 0.375. The first kappa shape index (κ1) is 17.3. The first-order valence-corrected chi connectivity index (χ1v) is 7.58. The van der Waals surface area contributed by atoms with Crippen molar-refractivity contribution >= 4 is 27.7 Å². The van der Waals surface area contributed by atoms with Crippen LogP contribution in [-0.4, -0.2) is 23.9 Å². The molecular formula is C16H19BrN2O2. The average Bonchev–Trinajstić information content (AvgIpc) is 2.50. The van der Waals surface area contributed by atoms with Crippen LogP contribution in [0.4, 0.5) is 0 Å². The molecule has 0 spiro atoms. The van der Waals surface area contributed by atoms with Crippen LogP contribution < -0.4 is 10.6 Å². The van der Waals surface area contributed by atoms with Crippen molar-refractivity contribution in [3.8, 4) is 12.3 Å². The van der Waals surface area contributed by atoms with Gasteiger partial charge in [0.25, 0.3) is 5.91 Å². The van der Waals surface area contributed by atoms with Gasteiger partial charge >= 0.3 is 0 Å². The standard InChI is InChI=1S/C16H19BrN2O2/c1-4-16(5-2,6-3)19-14(20)11-18-15(21)12-8-7-9-13(17)10-12/h1,7-10H,5-6,11H2,2-3H3,(H,18,21)(H,19,20). The Hall–Kier alpha value is -1.80. The third-order valence-corrected chi connectivity index (χ3v) is 3.85. The molecule has 0 radical (unpaired) electrons. The van der Waals surface area contributed by atoms with Crippen LogP contribution >= 0.6 is 15.9 Å². The van der Waals surface area contributed by atoms with E-state index in [-0.39, 0.29) is 18.4 Å². The van der Waals surface area contributed by atoms with Gasteiger partial charge in [0.1, 0.15) is 5.54 Å². The van der Waals surface area contributed by atoms with Crippen LogP contribution in [0.15, 0.2) is 28.7 Å². The maximum Gasteiger partial charge on any atom is 0.251 e. The topological polar surface area (TPSA) is 58.2 Å². The Morgan fingerprint density at radius 3 is 2.52 bits per heavy atom. The highest BCUT2D eigenvalue weighted by Gasteiger charge is 2.25. The summed E-state index contributed by atoms with van der Waals surface area (Å²) in [7, 11) is 0. The molecule has 0 saturated heterocycles. The van der Waals surface area contributed by atoms with E-state index in [1.165, 1.54) is 0 Å². The molecule has 0 aliphatic heterocycles. The van der Waals surface area contributed by atoms with Gasteiger partial charge in [-0.05, 0) is 31.0 Å². The summed E-state index contributed by atoms with van der Waals surface area (Å²) in [5.74, 6) is 2.03. The van der Waals surface area contributed by atoms with E-state index in [1.54, 1.807) is 18.2 Å². The summed E-state index contributed by atoms with van der Waals surface area (Å²) >= 11 is 3.30. The van der Waals surface area contributed by atoms with Gasteiger partial charge in [-0.3, -0.25) is 9.59 Å². The normalized spacial score (nSPS) is 10.6. The average molecular weight is 351 g/mol. The van der Waals surface area contributed by atoms with E-state index in [2.05, 4.69) is 32.5 Å². The van der Waals surface area contributed by atoms with Gasteiger partial charge in [0.15, 0.2) is 0 Å². The van der Waals surface area contributed by atoms with Crippen molar-refractivity contribution in [3.05, 3.63) is 34.3 Å². The molecule has 21 heavy (non-hydrogen) atoms. The van der Waals surface area contributed by atoms with E-state index >= 15 is 0 Å². The summed E-state index contributed by atoms with van der Waals surface area (Å²) in [6, 6.07) is 6.96. The lowest BCUT2D eigenvalue weighted by molar-refractivity contribution is -0.121. The smallest absolute Gasteiger partial charge is 0.251 e. The number of terminal acetylenes is 1. The first-order chi connectivity index (χ1) is 9.96. The van der Waals surface area contributed by atoms with E-state index in [1.807, 2.05) is 19.9 Å². The van der Waals surface area contributed by atoms with Crippen molar-refractivity contribution in [1.29, 1.82) is 0 Å². The van der Waals surface area contributed by atoms with E-state index in [0.717, 1.165) is 4.47 Å². The number of hydrogen-bond acceptors (Lipinski definition) is 2. The largest absolute Gasteiger partial charge is 0.343 e. The number of hydrogen-bond donors (Lipinski definition) is 2. The fourth-order valence-electron chi connectivity index (χ4n) is 1.87. The van der Waals surface area contributed by atoms with Gasteiger partial charge in [0.05, 0.1) is 6.54 Å². The second kappa shape index (κ2) is 7.84. The Morgan fingerprint density at radius 1 is 1.33 bits per heavy atom. The molecule has 0 fully saturated rings. The van der Waals surface area contributed by atoms with Gasteiger partial charge in [0, 0.05) is 10.0 Å². The van der Waals surface area contributed by atoms with Crippen molar-refractivity contribution in [2.45, 2.75) is 32.2 Å². The molecule has 1 rings (SSSR count). The Kier molecular flexibility index (Phi) is 6.44. The lowest BCUT2D eigenvalue weighted by Crippen LogP contribution is -2.50. The maximum absolute atomic E-state index is 11.9. The minimum absolute atomic E-state index is 0.102. The summed E-state index contributed by atoms with van der Waals surface area (Å²) < 4.78 is 0.808. The van der Waals surface area contributed by atoms with Crippen LogP contribution in [0.1, 0.15) is 37.0 Å². The van der Waals surface area contributed by atoms with Crippen LogP contribution in [-0.2, 0) is 4.79 Å². The van der Waals surface area contributed by atoms with Crippen molar-refractivity contribution in [2.24, 2.45) is 0 Å². The van der Waals surface area contributed by atoms with E-state index in [9.17, 15) is 9.59 Å². The molecule has 1 aromatic carbocycles. The highest BCUT2D eigenvalue weighted by atomic mass is 79.9. The molecule has 0 aliphatic rings. The third kappa shape index (κ3) is 4.91. The second-order valence-corrected chi connectivity index (χ2v) is 5.59. The zero-order valence-electron chi connectivity index (χ0n) is 12.2. The molecule has 0 aliphatic carbocycles. The quantitative estimate of drug-likeness (QED) is 0.774. The third-order valence-electron chi connectivity index (χ3n) is 3.36. The number of amides is 2. The number of carbonyl (C=O) groups is 2. The lowest BCUT2D eigenvalue weighted by atomic mass is 9.94. The summed E-state index contributed by atoms with van der Waals surface area (Å²) in [4.78, 5) is 23.8. The summed E-state index contributed by atoms with van der Waals surface area (Å²) in [5, 5.41) is 5.38. The van der Waals surface area contributed by atoms with Crippen molar-refractivity contribution in [3.63, 3.8) is 0 Å². The molecule has 0 heterocycles. The van der Waals surface area contributed by atoms with Gasteiger partial charge in [-0.15, -0.1) is 6.42 Å². The van der Waals surface area contributed by atoms with Crippen LogP contribution in [0.25, 0.3) is 0 Å². The summed E-state index contributed by atoms with van der Waals surface area (Å²) in [5.41, 5.74) is -0.149. The summed E-state index contributed by atoms with van der Waals surface area (Å²) in [6.45, 7) is 3.74. The fourth-order valence-corrected chi connectivity index (χ4v) is 2.27. The van der Waals surface area contributed by atoms with Gasteiger partial charge in [0.2, 0.25) is 5.91 Å². The van der Waals surface area contributed by atoms with Gasteiger partial charge in [-0.1, -0.05) is 41.8 Å². The van der Waals surface area contributed by atoms with Crippen LogP contribution in [0.3, 0.4) is 0 Å². The number of halogens is 1. The zero-order valence-corrected chi connectivity index (χ0v) is 13.8. The molecule has 4 nitrogen and oxygen atoms in total. The predicted octanol–water partition coefficient (Wildman–Crippen LogP) is 2.49. The summed E-state index contributed by atoms with van der Waals surface area (Å²) in [6.07, 6.45) is 6.77. The van der Waals surface area contributed by atoms with Crippen LogP contribution in [0.2, 0.25) is 0 Å². The molecule has 1 aromatic rings. The van der Waals surface area contributed by atoms with Crippen LogP contribution in [0.5, 0.6) is 0 Å². The minimum Gasteiger partial charge on any atom is -0.343 e. The van der Waals surface area contributed by atoms with E-state index < -0.39 is 5.54 Å². The number of rotatable bonds is 6. The Labute approximate surface area is 133 Å². The molecule has 0 saturated carbocycles. The molecule has 2 amide bonds. The SMILES string of the molecule is C#CC(CC)(CC)NC(=O)CNC(=O)c1cccc(Br)c1. The molecule has 2 N–H and O–H groups in total. The lowest BCUT2D eigenvalue weighted by Gasteiger charge is -2.27. The van der Waals surface area contributed by atoms with E-state index in [4.69, 9.17) is 6.42 Å². The van der Waals surface area contributed by atoms with Gasteiger partial charge in [-0.25, -0.2) is 0 Å². The van der Waals surface area contributed by atoms with Crippen LogP contribution in [0, 0.1) is 12.3 Å². The van der Waals surface area contributed by atoms with Gasteiger partial charge < -0.3 is 10.6 Å². The minimum atomic E-state index is -0.641. The maximum atomic E-state index is 11.9. The Balaban J connectivity index is 2.57. The van der Waals surface area contributed by atoms with Crippen molar-refractivity contribution < 1.29 is 9.59 Å². The Morgan fingerprint density at radius 2 is 2.00 bits per heavy atom. The number of nitrogens with one attached hydrogen (secondary N) is 2. The molecule has 0 aromatic heterocycles. The molecule has 112 valence electrons. The highest BCUT2D eigenvalue weighted by molar-refractivity contribution is 9.10. The number of benzene rings is 1. The second-order valence-electron chi connectivity index (χ2n) is 4.67. The van der Waals surface area contributed by atoms with E-state index in [0.29, 0.717) is 18.4 Å². The molecule has 0 atom stereocenters. The monoisotopic (exact) mass is 350 g/mol.